The van der Waals surface area contributed by atoms with Crippen molar-refractivity contribution < 1.29 is 26.6 Å². The van der Waals surface area contributed by atoms with Gasteiger partial charge in [-0.3, -0.25) is 0 Å². The summed E-state index contributed by atoms with van der Waals surface area (Å²) in [6.07, 6.45) is 3.08. The lowest BCUT2D eigenvalue weighted by molar-refractivity contribution is 0.107. The van der Waals surface area contributed by atoms with E-state index in [0.717, 1.165) is 18.9 Å². The van der Waals surface area contributed by atoms with Crippen LogP contribution >= 0.6 is 0 Å². The minimum atomic E-state index is -2.75. The van der Waals surface area contributed by atoms with Gasteiger partial charge in [-0.05, 0) is 19.0 Å². The second kappa shape index (κ2) is 10.5. The van der Waals surface area contributed by atoms with Crippen molar-refractivity contribution in [3.8, 4) is 0 Å². The van der Waals surface area contributed by atoms with Gasteiger partial charge < -0.3 is 32.3 Å². The standard InChI is InChI=1S/C11H27NO6Si2/c1-13-19(14-2,15-3)10-7-6-9-18-20(16-4,17-5)11-8-12/h8,11H,6-7,9-10,12H2,1-5H3. The van der Waals surface area contributed by atoms with Crippen LogP contribution in [-0.4, -0.2) is 59.8 Å². The van der Waals surface area contributed by atoms with Crippen LogP contribution in [0, 0.1) is 0 Å². The highest BCUT2D eigenvalue weighted by molar-refractivity contribution is 6.66. The van der Waals surface area contributed by atoms with Crippen molar-refractivity contribution in [1.29, 1.82) is 0 Å². The largest absolute Gasteiger partial charge is 0.530 e. The van der Waals surface area contributed by atoms with Gasteiger partial charge in [-0.1, -0.05) is 0 Å². The van der Waals surface area contributed by atoms with Gasteiger partial charge in [0.1, 0.15) is 0 Å². The van der Waals surface area contributed by atoms with E-state index in [9.17, 15) is 0 Å². The smallest absolute Gasteiger partial charge is 0.405 e. The fourth-order valence-corrected chi connectivity index (χ4v) is 4.95. The summed E-state index contributed by atoms with van der Waals surface area (Å²) in [5.74, 6) is 0. The number of hydrogen-bond donors (Lipinski definition) is 1. The fourth-order valence-electron chi connectivity index (χ4n) is 1.72. The Kier molecular flexibility index (Phi) is 10.3. The predicted octanol–water partition coefficient (Wildman–Crippen LogP) is 0.905. The summed E-state index contributed by atoms with van der Waals surface area (Å²) < 4.78 is 32.4. The SMILES string of the molecule is CO[Si](C=CN)(OC)OCCCC[Si](OC)(OC)OC. The molecule has 0 aromatic rings. The van der Waals surface area contributed by atoms with Crippen LogP contribution in [0.2, 0.25) is 6.04 Å². The quantitative estimate of drug-likeness (QED) is 0.422. The first-order valence-corrected chi connectivity index (χ1v) is 10.1. The van der Waals surface area contributed by atoms with E-state index in [2.05, 4.69) is 0 Å². The van der Waals surface area contributed by atoms with E-state index in [1.54, 1.807) is 41.2 Å². The molecule has 0 saturated carbocycles. The molecule has 120 valence electrons. The van der Waals surface area contributed by atoms with E-state index in [0.29, 0.717) is 6.61 Å². The van der Waals surface area contributed by atoms with Crippen molar-refractivity contribution in [2.45, 2.75) is 18.9 Å². The van der Waals surface area contributed by atoms with Crippen LogP contribution in [0.5, 0.6) is 0 Å². The Morgan fingerprint density at radius 3 is 1.80 bits per heavy atom. The van der Waals surface area contributed by atoms with Gasteiger partial charge in [0.05, 0.1) is 0 Å². The molecule has 0 heterocycles. The van der Waals surface area contributed by atoms with E-state index in [4.69, 9.17) is 32.3 Å². The lowest BCUT2D eigenvalue weighted by atomic mass is 10.4. The fraction of sp³-hybridized carbons (Fsp3) is 0.818. The molecule has 0 bridgehead atoms. The highest BCUT2D eigenvalue weighted by Crippen LogP contribution is 2.17. The zero-order valence-electron chi connectivity index (χ0n) is 13.0. The Bertz CT molecular complexity index is 263. The van der Waals surface area contributed by atoms with Gasteiger partial charge in [0, 0.05) is 53.9 Å². The molecule has 0 saturated heterocycles. The van der Waals surface area contributed by atoms with E-state index < -0.39 is 17.6 Å². The minimum absolute atomic E-state index is 0.514. The third-order valence-corrected chi connectivity index (χ3v) is 8.16. The van der Waals surface area contributed by atoms with E-state index in [-0.39, 0.29) is 0 Å². The van der Waals surface area contributed by atoms with E-state index in [1.165, 1.54) is 6.20 Å². The Labute approximate surface area is 123 Å². The molecule has 20 heavy (non-hydrogen) atoms. The van der Waals surface area contributed by atoms with Crippen LogP contribution in [0.3, 0.4) is 0 Å². The van der Waals surface area contributed by atoms with Crippen LogP contribution in [0.4, 0.5) is 0 Å². The summed E-state index contributed by atoms with van der Waals surface area (Å²) in [5.41, 5.74) is 7.02. The molecule has 0 aromatic heterocycles. The molecule has 0 spiro atoms. The first-order valence-electron chi connectivity index (χ1n) is 6.36. The van der Waals surface area contributed by atoms with Crippen LogP contribution < -0.4 is 5.73 Å². The summed E-state index contributed by atoms with van der Waals surface area (Å²) in [5, 5.41) is 0. The van der Waals surface area contributed by atoms with Gasteiger partial charge in [0.15, 0.2) is 0 Å². The lowest BCUT2D eigenvalue weighted by Gasteiger charge is -2.25. The molecule has 9 heteroatoms. The minimum Gasteiger partial charge on any atom is -0.405 e. The van der Waals surface area contributed by atoms with Crippen LogP contribution in [0.15, 0.2) is 11.9 Å². The average molecular weight is 326 g/mol. The van der Waals surface area contributed by atoms with Crippen molar-refractivity contribution in [1.82, 2.24) is 0 Å². The highest BCUT2D eigenvalue weighted by Gasteiger charge is 2.38. The molecule has 0 fully saturated rings. The van der Waals surface area contributed by atoms with Gasteiger partial charge in [-0.25, -0.2) is 0 Å². The molecule has 7 nitrogen and oxygen atoms in total. The van der Waals surface area contributed by atoms with Gasteiger partial charge in [-0.15, -0.1) is 0 Å². The van der Waals surface area contributed by atoms with Gasteiger partial charge in [-0.2, -0.15) is 0 Å². The van der Waals surface area contributed by atoms with Crippen LogP contribution in [-0.2, 0) is 26.6 Å². The third-order valence-electron chi connectivity index (χ3n) is 2.98. The van der Waals surface area contributed by atoms with Crippen molar-refractivity contribution in [3.05, 3.63) is 11.9 Å². The molecule has 0 amide bonds. The Hall–Kier alpha value is -0.266. The van der Waals surface area contributed by atoms with E-state index >= 15 is 0 Å². The van der Waals surface area contributed by atoms with Crippen molar-refractivity contribution >= 4 is 17.6 Å². The summed E-state index contributed by atoms with van der Waals surface area (Å²) in [7, 11) is 2.68. The monoisotopic (exact) mass is 325 g/mol. The van der Waals surface area contributed by atoms with Gasteiger partial charge in [0.2, 0.25) is 0 Å². The number of hydrogen-bond acceptors (Lipinski definition) is 7. The van der Waals surface area contributed by atoms with Gasteiger partial charge >= 0.3 is 17.6 Å². The summed E-state index contributed by atoms with van der Waals surface area (Å²) in [4.78, 5) is 0. The Morgan fingerprint density at radius 1 is 0.850 bits per heavy atom. The molecule has 0 rings (SSSR count). The number of nitrogens with two attached hydrogens (primary N) is 1. The van der Waals surface area contributed by atoms with E-state index in [1.807, 2.05) is 0 Å². The molecule has 0 aliphatic carbocycles. The zero-order chi connectivity index (χ0) is 15.5. The number of unbranched alkanes of at least 4 members (excludes halogenated alkanes) is 1. The normalized spacial score (nSPS) is 13.2. The third kappa shape index (κ3) is 6.01. The van der Waals surface area contributed by atoms with Crippen LogP contribution in [0.25, 0.3) is 0 Å². The molecular formula is C11H27NO6Si2. The molecule has 0 aliphatic heterocycles. The molecular weight excluding hydrogens is 298 g/mol. The summed E-state index contributed by atoms with van der Waals surface area (Å²) in [6.45, 7) is 0.514. The number of rotatable bonds is 12. The summed E-state index contributed by atoms with van der Waals surface area (Å²) in [6, 6.07) is 0.737. The topological polar surface area (TPSA) is 81.4 Å². The highest BCUT2D eigenvalue weighted by atomic mass is 28.4. The average Bonchev–Trinajstić information content (AvgIpc) is 2.50. The maximum Gasteiger partial charge on any atom is 0.530 e. The predicted molar refractivity (Wildman–Crippen MR) is 79.9 cm³/mol. The Balaban J connectivity index is 4.13. The van der Waals surface area contributed by atoms with Gasteiger partial charge in [0.25, 0.3) is 0 Å². The molecule has 0 aromatic carbocycles. The van der Waals surface area contributed by atoms with Crippen molar-refractivity contribution in [3.63, 3.8) is 0 Å². The van der Waals surface area contributed by atoms with Crippen LogP contribution in [0.1, 0.15) is 12.8 Å². The molecule has 0 radical (unpaired) electrons. The molecule has 0 unspecified atom stereocenters. The van der Waals surface area contributed by atoms with Crippen molar-refractivity contribution in [2.24, 2.45) is 5.73 Å². The maximum atomic E-state index is 5.70. The first-order chi connectivity index (χ1) is 9.57. The Morgan fingerprint density at radius 2 is 1.40 bits per heavy atom. The lowest BCUT2D eigenvalue weighted by Crippen LogP contribution is -2.43. The zero-order valence-corrected chi connectivity index (χ0v) is 15.0. The molecule has 2 N–H and O–H groups in total. The molecule has 0 atom stereocenters. The van der Waals surface area contributed by atoms with Crippen molar-refractivity contribution in [2.75, 3.05) is 42.2 Å². The maximum absolute atomic E-state index is 5.70. The molecule has 0 aliphatic rings. The second-order valence-corrected chi connectivity index (χ2v) is 9.71. The summed E-state index contributed by atoms with van der Waals surface area (Å²) >= 11 is 0. The second-order valence-electron chi connectivity index (χ2n) is 3.97. The first kappa shape index (κ1) is 19.7.